The van der Waals surface area contributed by atoms with E-state index in [4.69, 9.17) is 0 Å². The van der Waals surface area contributed by atoms with Crippen LogP contribution in [0, 0.1) is 5.92 Å². The van der Waals surface area contributed by atoms with Crippen LogP contribution in [0.1, 0.15) is 25.0 Å². The van der Waals surface area contributed by atoms with Crippen LogP contribution in [0.15, 0.2) is 24.3 Å². The number of fused-ring (bicyclic) bond motifs is 1. The highest BCUT2D eigenvalue weighted by molar-refractivity contribution is 5.85. The van der Waals surface area contributed by atoms with E-state index in [1.165, 1.54) is 4.90 Å². The number of carboxylic acid groups (broad SMARTS) is 1. The number of carbonyl (C=O) groups excluding carboxylic acids is 1. The van der Waals surface area contributed by atoms with Crippen molar-refractivity contribution in [1.29, 1.82) is 0 Å². The Hall–Kier alpha value is -1.88. The van der Waals surface area contributed by atoms with Gasteiger partial charge in [0.25, 0.3) is 0 Å². The molecule has 1 aliphatic heterocycles. The maximum Gasteiger partial charge on any atom is 0.326 e. The number of carbonyl (C=O) groups is 2. The highest BCUT2D eigenvalue weighted by atomic mass is 16.4. The predicted molar refractivity (Wildman–Crippen MR) is 79.8 cm³/mol. The third-order valence-electron chi connectivity index (χ3n) is 3.94. The summed E-state index contributed by atoms with van der Waals surface area (Å²) in [5.41, 5.74) is 2.06. The molecule has 5 nitrogen and oxygen atoms in total. The monoisotopic (exact) mass is 290 g/mol. The van der Waals surface area contributed by atoms with Crippen LogP contribution < -0.4 is 5.32 Å². The Balaban J connectivity index is 2.20. The maximum absolute atomic E-state index is 12.6. The number of amides is 1. The normalized spacial score (nSPS) is 19.0. The summed E-state index contributed by atoms with van der Waals surface area (Å²) in [5.74, 6) is -1.26. The van der Waals surface area contributed by atoms with Gasteiger partial charge in [-0.15, -0.1) is 0 Å². The second-order valence-corrected chi connectivity index (χ2v) is 5.50. The lowest BCUT2D eigenvalue weighted by atomic mass is 9.93. The molecule has 5 heteroatoms. The number of benzene rings is 1. The Kier molecular flexibility index (Phi) is 4.96. The summed E-state index contributed by atoms with van der Waals surface area (Å²) in [6.07, 6.45) is 0.380. The van der Waals surface area contributed by atoms with Gasteiger partial charge in [-0.1, -0.05) is 38.1 Å². The van der Waals surface area contributed by atoms with Crippen LogP contribution in [0.2, 0.25) is 0 Å². The molecule has 114 valence electrons. The minimum absolute atomic E-state index is 0.0992. The number of nitrogens with zero attached hydrogens (tertiary/aromatic N) is 1. The van der Waals surface area contributed by atoms with Gasteiger partial charge < -0.3 is 15.3 Å². The Morgan fingerprint density at radius 3 is 2.67 bits per heavy atom. The van der Waals surface area contributed by atoms with Gasteiger partial charge in [0, 0.05) is 25.4 Å². The van der Waals surface area contributed by atoms with Crippen LogP contribution in [-0.4, -0.2) is 41.0 Å². The molecule has 0 aliphatic carbocycles. The fourth-order valence-electron chi connectivity index (χ4n) is 2.71. The van der Waals surface area contributed by atoms with Gasteiger partial charge in [-0.25, -0.2) is 4.79 Å². The molecule has 1 aromatic carbocycles. The molecular formula is C16H22N2O3. The minimum Gasteiger partial charge on any atom is -0.480 e. The van der Waals surface area contributed by atoms with Crippen molar-refractivity contribution in [2.24, 2.45) is 5.92 Å². The average molecular weight is 290 g/mol. The Labute approximate surface area is 125 Å². The Morgan fingerprint density at radius 2 is 2.05 bits per heavy atom. The van der Waals surface area contributed by atoms with Crippen LogP contribution in [0.3, 0.4) is 0 Å². The van der Waals surface area contributed by atoms with E-state index in [9.17, 15) is 14.7 Å². The number of rotatable bonds is 5. The predicted octanol–water partition coefficient (Wildman–Crippen LogP) is 1.27. The Bertz CT molecular complexity index is 530. The molecule has 0 radical (unpaired) electrons. The first-order chi connectivity index (χ1) is 10.0. The van der Waals surface area contributed by atoms with Crippen molar-refractivity contribution in [3.63, 3.8) is 0 Å². The van der Waals surface area contributed by atoms with E-state index in [-0.39, 0.29) is 11.8 Å². The molecule has 0 saturated heterocycles. The van der Waals surface area contributed by atoms with Crippen molar-refractivity contribution in [2.75, 3.05) is 13.1 Å². The van der Waals surface area contributed by atoms with E-state index in [1.807, 2.05) is 38.1 Å². The molecule has 0 aromatic heterocycles. The third-order valence-corrected chi connectivity index (χ3v) is 3.94. The lowest BCUT2D eigenvalue weighted by Crippen LogP contribution is -2.51. The molecular weight excluding hydrogens is 268 g/mol. The van der Waals surface area contributed by atoms with Crippen molar-refractivity contribution in [1.82, 2.24) is 10.2 Å². The maximum atomic E-state index is 12.6. The van der Waals surface area contributed by atoms with Gasteiger partial charge in [0.1, 0.15) is 6.04 Å². The number of nitrogens with one attached hydrogen (secondary N) is 1. The summed E-state index contributed by atoms with van der Waals surface area (Å²) >= 11 is 0. The zero-order valence-electron chi connectivity index (χ0n) is 12.5. The standard InChI is InChI=1S/C16H22N2O3/c1-3-17-9-11(2)15(19)18-10-13-7-5-4-6-12(13)8-14(18)16(20)21/h4-7,11,14,17H,3,8-10H2,1-2H3,(H,20,21)/t11?,14-/m0/s1. The zero-order valence-corrected chi connectivity index (χ0v) is 12.5. The van der Waals surface area contributed by atoms with Gasteiger partial charge in [0.15, 0.2) is 0 Å². The van der Waals surface area contributed by atoms with Gasteiger partial charge in [0.05, 0.1) is 0 Å². The number of hydrogen-bond acceptors (Lipinski definition) is 3. The van der Waals surface area contributed by atoms with Crippen molar-refractivity contribution >= 4 is 11.9 Å². The summed E-state index contributed by atoms with van der Waals surface area (Å²) in [6, 6.07) is 6.96. The van der Waals surface area contributed by atoms with Gasteiger partial charge in [0.2, 0.25) is 5.91 Å². The van der Waals surface area contributed by atoms with E-state index >= 15 is 0 Å². The number of carboxylic acids is 1. The summed E-state index contributed by atoms with van der Waals surface area (Å²) in [4.78, 5) is 25.6. The van der Waals surface area contributed by atoms with Crippen molar-refractivity contribution in [3.8, 4) is 0 Å². The van der Waals surface area contributed by atoms with Crippen LogP contribution in [0.4, 0.5) is 0 Å². The average Bonchev–Trinajstić information content (AvgIpc) is 2.50. The van der Waals surface area contributed by atoms with Gasteiger partial charge >= 0.3 is 5.97 Å². The Morgan fingerprint density at radius 1 is 1.38 bits per heavy atom. The molecule has 2 atom stereocenters. The van der Waals surface area contributed by atoms with E-state index in [0.717, 1.165) is 17.7 Å². The largest absolute Gasteiger partial charge is 0.480 e. The van der Waals surface area contributed by atoms with Crippen LogP contribution >= 0.6 is 0 Å². The number of aliphatic carboxylic acids is 1. The topological polar surface area (TPSA) is 69.6 Å². The zero-order chi connectivity index (χ0) is 15.4. The summed E-state index contributed by atoms with van der Waals surface area (Å²) in [7, 11) is 0. The van der Waals surface area contributed by atoms with Gasteiger partial charge in [-0.3, -0.25) is 4.79 Å². The van der Waals surface area contributed by atoms with Crippen molar-refractivity contribution < 1.29 is 14.7 Å². The summed E-state index contributed by atoms with van der Waals surface area (Å²) < 4.78 is 0. The molecule has 1 aliphatic rings. The van der Waals surface area contributed by atoms with Crippen LogP contribution in [-0.2, 0) is 22.6 Å². The minimum atomic E-state index is -0.937. The highest BCUT2D eigenvalue weighted by Gasteiger charge is 2.35. The van der Waals surface area contributed by atoms with Crippen molar-refractivity contribution in [2.45, 2.75) is 32.9 Å². The first-order valence-corrected chi connectivity index (χ1v) is 7.35. The molecule has 0 spiro atoms. The molecule has 21 heavy (non-hydrogen) atoms. The first kappa shape index (κ1) is 15.5. The fraction of sp³-hybridized carbons (Fsp3) is 0.500. The van der Waals surface area contributed by atoms with E-state index in [1.54, 1.807) is 0 Å². The summed E-state index contributed by atoms with van der Waals surface area (Å²) in [6.45, 7) is 5.56. The van der Waals surface area contributed by atoms with Gasteiger partial charge in [-0.2, -0.15) is 0 Å². The van der Waals surface area contributed by atoms with E-state index in [2.05, 4.69) is 5.32 Å². The second-order valence-electron chi connectivity index (χ2n) is 5.50. The lowest BCUT2D eigenvalue weighted by Gasteiger charge is -2.36. The SMILES string of the molecule is CCNCC(C)C(=O)N1Cc2ccccc2C[C@H]1C(=O)O. The lowest BCUT2D eigenvalue weighted by molar-refractivity contribution is -0.153. The molecule has 1 amide bonds. The van der Waals surface area contributed by atoms with Crippen molar-refractivity contribution in [3.05, 3.63) is 35.4 Å². The number of hydrogen-bond donors (Lipinski definition) is 2. The quantitative estimate of drug-likeness (QED) is 0.857. The summed E-state index contributed by atoms with van der Waals surface area (Å²) in [5, 5.41) is 12.6. The van der Waals surface area contributed by atoms with E-state index in [0.29, 0.717) is 19.5 Å². The molecule has 1 heterocycles. The van der Waals surface area contributed by atoms with Crippen LogP contribution in [0.5, 0.6) is 0 Å². The molecule has 0 fully saturated rings. The molecule has 0 saturated carbocycles. The molecule has 1 aromatic rings. The molecule has 2 N–H and O–H groups in total. The van der Waals surface area contributed by atoms with Gasteiger partial charge in [-0.05, 0) is 17.7 Å². The molecule has 0 bridgehead atoms. The highest BCUT2D eigenvalue weighted by Crippen LogP contribution is 2.24. The second kappa shape index (κ2) is 6.72. The van der Waals surface area contributed by atoms with Crippen LogP contribution in [0.25, 0.3) is 0 Å². The first-order valence-electron chi connectivity index (χ1n) is 7.35. The molecule has 2 rings (SSSR count). The third kappa shape index (κ3) is 3.42. The molecule has 1 unspecified atom stereocenters. The fourth-order valence-corrected chi connectivity index (χ4v) is 2.71. The van der Waals surface area contributed by atoms with E-state index < -0.39 is 12.0 Å². The smallest absolute Gasteiger partial charge is 0.326 e.